The molecule has 0 N–H and O–H groups in total. The number of rotatable bonds is 7. The fraction of sp³-hybridized carbons (Fsp3) is 0.423. The standard InChI is InChI=1S/C26H30N4O3/c1-2-33-23-10-6-5-9-22(23)28-15-17-29(18-16-28)25(31)14-13-24-27-21-8-4-3-7-20(21)26(32)30(24)19-11-12-19/h3-10,19H,2,11-18H2,1H3. The number of para-hydroxylation sites is 3. The van der Waals surface area contributed by atoms with Crippen LogP contribution in [0.5, 0.6) is 5.75 Å². The Morgan fingerprint density at radius 1 is 1.03 bits per heavy atom. The highest BCUT2D eigenvalue weighted by atomic mass is 16.5. The van der Waals surface area contributed by atoms with Gasteiger partial charge in [-0.25, -0.2) is 4.98 Å². The topological polar surface area (TPSA) is 67.7 Å². The molecule has 172 valence electrons. The average molecular weight is 447 g/mol. The summed E-state index contributed by atoms with van der Waals surface area (Å²) in [5, 5.41) is 0.655. The maximum atomic E-state index is 13.0. The van der Waals surface area contributed by atoms with E-state index in [2.05, 4.69) is 11.0 Å². The fourth-order valence-electron chi connectivity index (χ4n) is 4.65. The summed E-state index contributed by atoms with van der Waals surface area (Å²) in [6.45, 7) is 5.53. The van der Waals surface area contributed by atoms with E-state index in [4.69, 9.17) is 9.72 Å². The van der Waals surface area contributed by atoms with Crippen molar-refractivity contribution in [1.82, 2.24) is 14.5 Å². The van der Waals surface area contributed by atoms with Gasteiger partial charge in [0.25, 0.3) is 5.56 Å². The molecular formula is C26H30N4O3. The number of hydrogen-bond acceptors (Lipinski definition) is 5. The normalized spacial score (nSPS) is 16.3. The Bertz CT molecular complexity index is 1210. The van der Waals surface area contributed by atoms with Gasteiger partial charge in [-0.3, -0.25) is 14.2 Å². The molecule has 1 saturated heterocycles. The molecule has 2 heterocycles. The van der Waals surface area contributed by atoms with Gasteiger partial charge in [0.15, 0.2) is 0 Å². The van der Waals surface area contributed by atoms with E-state index in [1.807, 2.05) is 58.9 Å². The Labute approximate surface area is 193 Å². The van der Waals surface area contributed by atoms with E-state index in [1.165, 1.54) is 0 Å². The SMILES string of the molecule is CCOc1ccccc1N1CCN(C(=O)CCc2nc3ccccc3c(=O)n2C2CC2)CC1. The van der Waals surface area contributed by atoms with E-state index in [9.17, 15) is 9.59 Å². The highest BCUT2D eigenvalue weighted by molar-refractivity contribution is 5.78. The quantitative estimate of drug-likeness (QED) is 0.556. The Kier molecular flexibility index (Phi) is 6.03. The largest absolute Gasteiger partial charge is 0.492 e. The number of carbonyl (C=O) groups is 1. The van der Waals surface area contributed by atoms with Crippen molar-refractivity contribution in [2.45, 2.75) is 38.6 Å². The third kappa shape index (κ3) is 4.45. The second-order valence-electron chi connectivity index (χ2n) is 8.72. The maximum absolute atomic E-state index is 13.0. The molecule has 1 aliphatic carbocycles. The maximum Gasteiger partial charge on any atom is 0.261 e. The molecule has 0 unspecified atom stereocenters. The first-order chi connectivity index (χ1) is 16.2. The summed E-state index contributed by atoms with van der Waals surface area (Å²) in [6.07, 6.45) is 2.87. The van der Waals surface area contributed by atoms with Crippen LogP contribution in [0.3, 0.4) is 0 Å². The van der Waals surface area contributed by atoms with Gasteiger partial charge in [0.1, 0.15) is 11.6 Å². The molecule has 3 aromatic rings. The van der Waals surface area contributed by atoms with Crippen LogP contribution in [0.1, 0.15) is 38.1 Å². The van der Waals surface area contributed by atoms with E-state index >= 15 is 0 Å². The average Bonchev–Trinajstić information content (AvgIpc) is 3.68. The molecule has 1 aliphatic heterocycles. The Morgan fingerprint density at radius 2 is 1.76 bits per heavy atom. The number of anilines is 1. The number of aromatic nitrogens is 2. The van der Waals surface area contributed by atoms with Crippen LogP contribution in [0, 0.1) is 0 Å². The number of amides is 1. The zero-order chi connectivity index (χ0) is 22.8. The molecule has 2 aromatic carbocycles. The van der Waals surface area contributed by atoms with Crippen molar-refractivity contribution in [3.63, 3.8) is 0 Å². The van der Waals surface area contributed by atoms with Crippen molar-refractivity contribution in [2.24, 2.45) is 0 Å². The number of aryl methyl sites for hydroxylation is 1. The molecule has 0 spiro atoms. The molecule has 0 bridgehead atoms. The predicted molar refractivity (Wildman–Crippen MR) is 129 cm³/mol. The molecule has 1 saturated carbocycles. The van der Waals surface area contributed by atoms with Crippen LogP contribution in [0.2, 0.25) is 0 Å². The van der Waals surface area contributed by atoms with Crippen molar-refractivity contribution in [3.8, 4) is 5.75 Å². The minimum Gasteiger partial charge on any atom is -0.492 e. The smallest absolute Gasteiger partial charge is 0.261 e. The number of ether oxygens (including phenoxy) is 1. The van der Waals surface area contributed by atoms with Crippen molar-refractivity contribution in [3.05, 3.63) is 64.7 Å². The monoisotopic (exact) mass is 446 g/mol. The van der Waals surface area contributed by atoms with E-state index in [-0.39, 0.29) is 17.5 Å². The van der Waals surface area contributed by atoms with Gasteiger partial charge in [0.2, 0.25) is 5.91 Å². The van der Waals surface area contributed by atoms with Crippen molar-refractivity contribution in [1.29, 1.82) is 0 Å². The van der Waals surface area contributed by atoms with Gasteiger partial charge in [-0.1, -0.05) is 24.3 Å². The third-order valence-electron chi connectivity index (χ3n) is 6.49. The molecule has 2 aliphatic rings. The van der Waals surface area contributed by atoms with Crippen LogP contribution in [0.25, 0.3) is 10.9 Å². The first-order valence-electron chi connectivity index (χ1n) is 11.9. The fourth-order valence-corrected chi connectivity index (χ4v) is 4.65. The van der Waals surface area contributed by atoms with Crippen LogP contribution in [0.4, 0.5) is 5.69 Å². The van der Waals surface area contributed by atoms with Gasteiger partial charge >= 0.3 is 0 Å². The van der Waals surface area contributed by atoms with Crippen LogP contribution in [0.15, 0.2) is 53.3 Å². The van der Waals surface area contributed by atoms with Gasteiger partial charge in [0, 0.05) is 45.1 Å². The zero-order valence-corrected chi connectivity index (χ0v) is 19.1. The summed E-state index contributed by atoms with van der Waals surface area (Å²) in [5.41, 5.74) is 1.82. The van der Waals surface area contributed by atoms with E-state index < -0.39 is 0 Å². The second kappa shape index (κ2) is 9.25. The van der Waals surface area contributed by atoms with Gasteiger partial charge in [-0.15, -0.1) is 0 Å². The number of benzene rings is 2. The highest BCUT2D eigenvalue weighted by Gasteiger charge is 2.29. The molecule has 5 rings (SSSR count). The molecule has 33 heavy (non-hydrogen) atoms. The second-order valence-corrected chi connectivity index (χ2v) is 8.72. The molecule has 0 radical (unpaired) electrons. The number of piperazine rings is 1. The summed E-state index contributed by atoms with van der Waals surface area (Å²) >= 11 is 0. The van der Waals surface area contributed by atoms with Gasteiger partial charge in [0.05, 0.1) is 23.2 Å². The minimum atomic E-state index is 0.0205. The summed E-state index contributed by atoms with van der Waals surface area (Å²) in [6, 6.07) is 15.8. The highest BCUT2D eigenvalue weighted by Crippen LogP contribution is 2.35. The zero-order valence-electron chi connectivity index (χ0n) is 19.1. The number of hydrogen-bond donors (Lipinski definition) is 0. The van der Waals surface area contributed by atoms with Gasteiger partial charge < -0.3 is 14.5 Å². The Morgan fingerprint density at radius 3 is 2.52 bits per heavy atom. The first-order valence-corrected chi connectivity index (χ1v) is 11.9. The molecule has 1 aromatic heterocycles. The lowest BCUT2D eigenvalue weighted by atomic mass is 10.2. The van der Waals surface area contributed by atoms with Crippen molar-refractivity contribution < 1.29 is 9.53 Å². The molecular weight excluding hydrogens is 416 g/mol. The Hall–Kier alpha value is -3.35. The summed E-state index contributed by atoms with van der Waals surface area (Å²) in [4.78, 5) is 35.0. The summed E-state index contributed by atoms with van der Waals surface area (Å²) in [5.74, 6) is 1.75. The lowest BCUT2D eigenvalue weighted by Gasteiger charge is -2.36. The third-order valence-corrected chi connectivity index (χ3v) is 6.49. The summed E-state index contributed by atoms with van der Waals surface area (Å²) in [7, 11) is 0. The number of fused-ring (bicyclic) bond motifs is 1. The van der Waals surface area contributed by atoms with E-state index in [1.54, 1.807) is 0 Å². The number of carbonyl (C=O) groups excluding carboxylic acids is 1. The van der Waals surface area contributed by atoms with Crippen LogP contribution >= 0.6 is 0 Å². The molecule has 2 fully saturated rings. The van der Waals surface area contributed by atoms with Crippen molar-refractivity contribution >= 4 is 22.5 Å². The van der Waals surface area contributed by atoms with Crippen LogP contribution in [-0.2, 0) is 11.2 Å². The molecule has 0 atom stereocenters. The molecule has 7 nitrogen and oxygen atoms in total. The van der Waals surface area contributed by atoms with Gasteiger partial charge in [-0.05, 0) is 44.0 Å². The molecule has 7 heteroatoms. The van der Waals surface area contributed by atoms with Crippen molar-refractivity contribution in [2.75, 3.05) is 37.7 Å². The van der Waals surface area contributed by atoms with Crippen LogP contribution < -0.4 is 15.2 Å². The number of nitrogens with zero attached hydrogens (tertiary/aromatic N) is 4. The lowest BCUT2D eigenvalue weighted by molar-refractivity contribution is -0.131. The predicted octanol–water partition coefficient (Wildman–Crippen LogP) is 3.41. The summed E-state index contributed by atoms with van der Waals surface area (Å²) < 4.78 is 7.60. The van der Waals surface area contributed by atoms with E-state index in [0.717, 1.165) is 43.2 Å². The Balaban J connectivity index is 1.24. The van der Waals surface area contributed by atoms with E-state index in [0.29, 0.717) is 43.4 Å². The lowest BCUT2D eigenvalue weighted by Crippen LogP contribution is -2.49. The molecule has 1 amide bonds. The minimum absolute atomic E-state index is 0.0205. The van der Waals surface area contributed by atoms with Crippen LogP contribution in [-0.4, -0.2) is 53.1 Å². The first kappa shape index (κ1) is 21.5. The van der Waals surface area contributed by atoms with Gasteiger partial charge in [-0.2, -0.15) is 0 Å².